The van der Waals surface area contributed by atoms with E-state index in [9.17, 15) is 9.59 Å². The monoisotopic (exact) mass is 509 g/mol. The molecule has 0 unspecified atom stereocenters. The Bertz CT molecular complexity index is 1210. The van der Waals surface area contributed by atoms with Gasteiger partial charge in [0, 0.05) is 46.7 Å². The number of nitrogens with one attached hydrogen (secondary N) is 1. The second kappa shape index (κ2) is 10.5. The minimum atomic E-state index is -0.560. The van der Waals surface area contributed by atoms with Crippen LogP contribution in [0.15, 0.2) is 58.3 Å². The van der Waals surface area contributed by atoms with E-state index >= 15 is 0 Å². The number of methoxy groups -OCH3 is 2. The maximum atomic E-state index is 13.7. The average Bonchev–Trinajstić information content (AvgIpc) is 3.60. The molecule has 2 aliphatic heterocycles. The van der Waals surface area contributed by atoms with Gasteiger partial charge in [0.1, 0.15) is 6.61 Å². The van der Waals surface area contributed by atoms with Crippen LogP contribution in [0, 0.1) is 0 Å². The third-order valence-corrected chi connectivity index (χ3v) is 8.19. The molecule has 3 heterocycles. The van der Waals surface area contributed by atoms with E-state index in [2.05, 4.69) is 11.4 Å². The van der Waals surface area contributed by atoms with Gasteiger partial charge in [-0.1, -0.05) is 12.1 Å². The number of thiophene rings is 1. The lowest BCUT2D eigenvalue weighted by atomic mass is 9.72. The van der Waals surface area contributed by atoms with E-state index in [0.717, 1.165) is 24.1 Å². The molecule has 190 valence electrons. The van der Waals surface area contributed by atoms with Crippen LogP contribution in [0.25, 0.3) is 0 Å². The molecule has 1 fully saturated rings. The predicted molar refractivity (Wildman–Crippen MR) is 136 cm³/mol. The lowest BCUT2D eigenvalue weighted by Gasteiger charge is -2.36. The highest BCUT2D eigenvalue weighted by Crippen LogP contribution is 2.47. The van der Waals surface area contributed by atoms with E-state index in [4.69, 9.17) is 18.9 Å². The van der Waals surface area contributed by atoms with Crippen molar-refractivity contribution in [1.29, 1.82) is 0 Å². The summed E-state index contributed by atoms with van der Waals surface area (Å²) in [5, 5.41) is 5.44. The summed E-state index contributed by atoms with van der Waals surface area (Å²) in [6, 6.07) is 9.64. The van der Waals surface area contributed by atoms with Crippen molar-refractivity contribution in [2.24, 2.45) is 0 Å². The molecular formula is C28H31NO6S. The van der Waals surface area contributed by atoms with Crippen molar-refractivity contribution < 1.29 is 28.5 Å². The SMILES string of the molecule is COc1ccc([C@@H]2C(C(=O)OC[C@H]3CCCO3)=C(C)NC3=C2C(=O)C[C@@H](c2cccs2)C3)cc1OC. The molecule has 0 spiro atoms. The Hall–Kier alpha value is -3.10. The van der Waals surface area contributed by atoms with Gasteiger partial charge in [0.05, 0.1) is 25.9 Å². The number of Topliss-reactive ketones (excluding diaryl/α,β-unsaturated/α-hetero) is 1. The number of benzene rings is 1. The summed E-state index contributed by atoms with van der Waals surface area (Å²) in [5.41, 5.74) is 3.43. The Labute approximate surface area is 215 Å². The fourth-order valence-corrected chi connectivity index (χ4v) is 6.25. The van der Waals surface area contributed by atoms with Crippen molar-refractivity contribution >= 4 is 23.1 Å². The second-order valence-electron chi connectivity index (χ2n) is 9.38. The minimum Gasteiger partial charge on any atom is -0.493 e. The molecule has 1 saturated heterocycles. The maximum Gasteiger partial charge on any atom is 0.336 e. The predicted octanol–water partition coefficient (Wildman–Crippen LogP) is 4.85. The summed E-state index contributed by atoms with van der Waals surface area (Å²) in [5.74, 6) is 0.291. The molecule has 0 saturated carbocycles. The van der Waals surface area contributed by atoms with Crippen LogP contribution in [-0.4, -0.2) is 45.3 Å². The van der Waals surface area contributed by atoms with E-state index in [0.29, 0.717) is 47.8 Å². The van der Waals surface area contributed by atoms with Crippen LogP contribution in [0.5, 0.6) is 11.5 Å². The van der Waals surface area contributed by atoms with Crippen molar-refractivity contribution in [1.82, 2.24) is 5.32 Å². The Morgan fingerprint density at radius 2 is 2.00 bits per heavy atom. The minimum absolute atomic E-state index is 0.0406. The zero-order valence-electron chi connectivity index (χ0n) is 20.8. The first-order valence-corrected chi connectivity index (χ1v) is 13.2. The Balaban J connectivity index is 1.54. The number of esters is 1. The number of hydrogen-bond donors (Lipinski definition) is 1. The second-order valence-corrected chi connectivity index (χ2v) is 10.4. The molecular weight excluding hydrogens is 478 g/mol. The average molecular weight is 510 g/mol. The molecule has 0 bridgehead atoms. The number of hydrogen-bond acceptors (Lipinski definition) is 8. The summed E-state index contributed by atoms with van der Waals surface area (Å²) >= 11 is 1.67. The summed E-state index contributed by atoms with van der Waals surface area (Å²) in [6.07, 6.45) is 2.88. The molecule has 1 aromatic carbocycles. The van der Waals surface area contributed by atoms with E-state index in [1.165, 1.54) is 4.88 Å². The van der Waals surface area contributed by atoms with Gasteiger partial charge in [-0.3, -0.25) is 4.79 Å². The summed E-state index contributed by atoms with van der Waals surface area (Å²) < 4.78 is 22.3. The third-order valence-electron chi connectivity index (χ3n) is 7.16. The topological polar surface area (TPSA) is 83.1 Å². The van der Waals surface area contributed by atoms with Gasteiger partial charge < -0.3 is 24.3 Å². The van der Waals surface area contributed by atoms with Gasteiger partial charge in [-0.15, -0.1) is 11.3 Å². The van der Waals surface area contributed by atoms with E-state index in [1.807, 2.05) is 36.6 Å². The molecule has 2 aromatic rings. The van der Waals surface area contributed by atoms with Crippen LogP contribution in [0.1, 0.15) is 54.9 Å². The molecule has 1 aliphatic carbocycles. The fourth-order valence-electron chi connectivity index (χ4n) is 5.42. The van der Waals surface area contributed by atoms with Crippen LogP contribution in [0.4, 0.5) is 0 Å². The Morgan fingerprint density at radius 3 is 2.69 bits per heavy atom. The van der Waals surface area contributed by atoms with Gasteiger partial charge in [0.15, 0.2) is 17.3 Å². The highest BCUT2D eigenvalue weighted by Gasteiger charge is 2.42. The smallest absolute Gasteiger partial charge is 0.336 e. The summed E-state index contributed by atoms with van der Waals surface area (Å²) in [6.45, 7) is 2.77. The first-order valence-electron chi connectivity index (χ1n) is 12.3. The van der Waals surface area contributed by atoms with Crippen molar-refractivity contribution in [2.75, 3.05) is 27.4 Å². The van der Waals surface area contributed by atoms with E-state index in [-0.39, 0.29) is 24.4 Å². The zero-order valence-corrected chi connectivity index (χ0v) is 21.6. The van der Waals surface area contributed by atoms with E-state index in [1.54, 1.807) is 25.6 Å². The molecule has 3 aliphatic rings. The lowest BCUT2D eigenvalue weighted by Crippen LogP contribution is -2.36. The fraction of sp³-hybridized carbons (Fsp3) is 0.429. The number of rotatable bonds is 7. The molecule has 5 rings (SSSR count). The first kappa shape index (κ1) is 24.6. The number of ketones is 1. The first-order chi connectivity index (χ1) is 17.5. The van der Waals surface area contributed by atoms with Crippen molar-refractivity contribution in [3.8, 4) is 11.5 Å². The van der Waals surface area contributed by atoms with Crippen LogP contribution < -0.4 is 14.8 Å². The maximum absolute atomic E-state index is 13.7. The third kappa shape index (κ3) is 4.67. The Kier molecular flexibility index (Phi) is 7.16. The van der Waals surface area contributed by atoms with Gasteiger partial charge in [-0.2, -0.15) is 0 Å². The Morgan fingerprint density at radius 1 is 1.17 bits per heavy atom. The van der Waals surface area contributed by atoms with Crippen LogP contribution in [0.2, 0.25) is 0 Å². The number of dihydropyridines is 1. The highest BCUT2D eigenvalue weighted by molar-refractivity contribution is 7.10. The van der Waals surface area contributed by atoms with Crippen molar-refractivity contribution in [3.05, 3.63) is 68.7 Å². The molecule has 7 nitrogen and oxygen atoms in total. The summed E-state index contributed by atoms with van der Waals surface area (Å²) in [7, 11) is 3.15. The molecule has 0 amide bonds. The van der Waals surface area contributed by atoms with Crippen molar-refractivity contribution in [3.63, 3.8) is 0 Å². The van der Waals surface area contributed by atoms with Gasteiger partial charge >= 0.3 is 5.97 Å². The molecule has 36 heavy (non-hydrogen) atoms. The largest absolute Gasteiger partial charge is 0.493 e. The van der Waals surface area contributed by atoms with Gasteiger partial charge in [0.25, 0.3) is 0 Å². The molecule has 1 N–H and O–H groups in total. The van der Waals surface area contributed by atoms with Crippen LogP contribution in [-0.2, 0) is 19.1 Å². The van der Waals surface area contributed by atoms with Crippen LogP contribution >= 0.6 is 11.3 Å². The zero-order chi connectivity index (χ0) is 25.2. The normalized spacial score (nSPS) is 23.9. The van der Waals surface area contributed by atoms with Gasteiger partial charge in [-0.25, -0.2) is 4.79 Å². The standard InChI is InChI=1S/C28H31NO6S/c1-16-25(28(31)35-15-19-6-4-10-34-19)26(17-8-9-22(32-2)23(14-17)33-3)27-20(29-16)12-18(13-21(27)30)24-7-5-11-36-24/h5,7-9,11,14,18-19,26,29H,4,6,10,12-13,15H2,1-3H3/t18-,19+,26+/m0/s1. The lowest BCUT2D eigenvalue weighted by molar-refractivity contribution is -0.142. The van der Waals surface area contributed by atoms with Crippen LogP contribution in [0.3, 0.4) is 0 Å². The molecule has 0 radical (unpaired) electrons. The number of carbonyl (C=O) groups excluding carboxylic acids is 2. The molecule has 3 atom stereocenters. The number of allylic oxidation sites excluding steroid dienone is 3. The molecule has 1 aromatic heterocycles. The quantitative estimate of drug-likeness (QED) is 0.534. The number of ether oxygens (including phenoxy) is 4. The molecule has 8 heteroatoms. The highest BCUT2D eigenvalue weighted by atomic mass is 32.1. The summed E-state index contributed by atoms with van der Waals surface area (Å²) in [4.78, 5) is 28.4. The van der Waals surface area contributed by atoms with E-state index < -0.39 is 11.9 Å². The van der Waals surface area contributed by atoms with Gasteiger partial charge in [-0.05, 0) is 55.3 Å². The van der Waals surface area contributed by atoms with Gasteiger partial charge in [0.2, 0.25) is 0 Å². The van der Waals surface area contributed by atoms with Crippen molar-refractivity contribution in [2.45, 2.75) is 50.5 Å². The number of carbonyl (C=O) groups is 2.